The summed E-state index contributed by atoms with van der Waals surface area (Å²) in [7, 11) is 1.47. The van der Waals surface area contributed by atoms with E-state index in [1.807, 2.05) is 37.3 Å². The van der Waals surface area contributed by atoms with Crippen LogP contribution >= 0.6 is 0 Å². The Morgan fingerprint density at radius 3 is 2.62 bits per heavy atom. The Kier molecular flexibility index (Phi) is 6.74. The van der Waals surface area contributed by atoms with Gasteiger partial charge in [0.05, 0.1) is 6.54 Å². The van der Waals surface area contributed by atoms with Crippen molar-refractivity contribution in [2.75, 3.05) is 30.9 Å². The molecule has 3 N–H and O–H groups in total. The number of ether oxygens (including phenoxy) is 1. The SMILES string of the molecule is CCOCCCC(=O)N(C)c1c(N)n(Cc2ccccc2)c(=O)[nH]c1=O. The van der Waals surface area contributed by atoms with Gasteiger partial charge in [0.1, 0.15) is 5.82 Å². The summed E-state index contributed by atoms with van der Waals surface area (Å²) in [5.41, 5.74) is 5.60. The summed E-state index contributed by atoms with van der Waals surface area (Å²) in [6, 6.07) is 9.25. The van der Waals surface area contributed by atoms with Gasteiger partial charge in [-0.15, -0.1) is 0 Å². The van der Waals surface area contributed by atoms with E-state index in [1.54, 1.807) is 0 Å². The Hall–Kier alpha value is -2.87. The van der Waals surface area contributed by atoms with Crippen molar-refractivity contribution in [2.24, 2.45) is 0 Å². The fourth-order valence-electron chi connectivity index (χ4n) is 2.59. The number of aromatic nitrogens is 2. The molecule has 0 aliphatic heterocycles. The molecule has 0 bridgehead atoms. The second-order valence-electron chi connectivity index (χ2n) is 5.82. The zero-order valence-corrected chi connectivity index (χ0v) is 15.0. The highest BCUT2D eigenvalue weighted by Gasteiger charge is 2.20. The first-order valence-corrected chi connectivity index (χ1v) is 8.46. The van der Waals surface area contributed by atoms with Crippen LogP contribution in [0.25, 0.3) is 0 Å². The molecule has 1 heterocycles. The third-order valence-electron chi connectivity index (χ3n) is 3.99. The lowest BCUT2D eigenvalue weighted by Crippen LogP contribution is -2.39. The molecular formula is C18H24N4O4. The summed E-state index contributed by atoms with van der Waals surface area (Å²) in [5, 5.41) is 0. The van der Waals surface area contributed by atoms with Gasteiger partial charge in [-0.3, -0.25) is 19.1 Å². The van der Waals surface area contributed by atoms with E-state index in [9.17, 15) is 14.4 Å². The summed E-state index contributed by atoms with van der Waals surface area (Å²) in [6.07, 6.45) is 0.756. The van der Waals surface area contributed by atoms with Crippen molar-refractivity contribution in [1.29, 1.82) is 0 Å². The zero-order valence-electron chi connectivity index (χ0n) is 15.0. The van der Waals surface area contributed by atoms with Crippen molar-refractivity contribution in [1.82, 2.24) is 9.55 Å². The molecule has 26 heavy (non-hydrogen) atoms. The number of anilines is 2. The Morgan fingerprint density at radius 2 is 1.96 bits per heavy atom. The number of hydrogen-bond acceptors (Lipinski definition) is 5. The minimum absolute atomic E-state index is 0.0260. The minimum Gasteiger partial charge on any atom is -0.383 e. The molecule has 8 heteroatoms. The van der Waals surface area contributed by atoms with Crippen molar-refractivity contribution in [2.45, 2.75) is 26.3 Å². The van der Waals surface area contributed by atoms with E-state index in [0.29, 0.717) is 19.6 Å². The van der Waals surface area contributed by atoms with E-state index in [4.69, 9.17) is 10.5 Å². The molecule has 0 aliphatic rings. The highest BCUT2D eigenvalue weighted by Crippen LogP contribution is 2.17. The molecule has 1 amide bonds. The molecule has 0 spiro atoms. The Bertz CT molecular complexity index is 858. The highest BCUT2D eigenvalue weighted by atomic mass is 16.5. The van der Waals surface area contributed by atoms with Crippen molar-refractivity contribution >= 4 is 17.4 Å². The first-order chi connectivity index (χ1) is 12.5. The second kappa shape index (κ2) is 9.00. The lowest BCUT2D eigenvalue weighted by molar-refractivity contribution is -0.118. The Morgan fingerprint density at radius 1 is 1.27 bits per heavy atom. The van der Waals surface area contributed by atoms with E-state index >= 15 is 0 Å². The maximum atomic E-state index is 12.3. The highest BCUT2D eigenvalue weighted by molar-refractivity contribution is 5.94. The smallest absolute Gasteiger partial charge is 0.330 e. The van der Waals surface area contributed by atoms with Crippen LogP contribution in [0, 0.1) is 0 Å². The van der Waals surface area contributed by atoms with E-state index in [0.717, 1.165) is 5.56 Å². The van der Waals surface area contributed by atoms with Crippen molar-refractivity contribution in [3.8, 4) is 0 Å². The van der Waals surface area contributed by atoms with Gasteiger partial charge in [-0.05, 0) is 18.9 Å². The molecule has 2 rings (SSSR count). The van der Waals surface area contributed by atoms with Crippen LogP contribution in [0.4, 0.5) is 11.5 Å². The van der Waals surface area contributed by atoms with Gasteiger partial charge >= 0.3 is 5.69 Å². The monoisotopic (exact) mass is 360 g/mol. The van der Waals surface area contributed by atoms with Crippen LogP contribution in [-0.4, -0.2) is 35.7 Å². The number of H-pyrrole nitrogens is 1. The number of rotatable bonds is 8. The number of nitrogens with zero attached hydrogens (tertiary/aromatic N) is 2. The largest absolute Gasteiger partial charge is 0.383 e. The van der Waals surface area contributed by atoms with Gasteiger partial charge in [-0.2, -0.15) is 0 Å². The number of benzene rings is 1. The maximum Gasteiger partial charge on any atom is 0.330 e. The lowest BCUT2D eigenvalue weighted by atomic mass is 10.2. The van der Waals surface area contributed by atoms with Gasteiger partial charge in [-0.25, -0.2) is 4.79 Å². The summed E-state index contributed by atoms with van der Waals surface area (Å²) in [4.78, 5) is 40.2. The lowest BCUT2D eigenvalue weighted by Gasteiger charge is -2.20. The van der Waals surface area contributed by atoms with Gasteiger partial charge in [0, 0.05) is 26.7 Å². The van der Waals surface area contributed by atoms with Crippen molar-refractivity contribution in [3.05, 3.63) is 56.7 Å². The standard InChI is InChI=1S/C18H24N4O4/c1-3-26-11-7-10-14(23)21(2)15-16(19)22(18(25)20-17(15)24)12-13-8-5-4-6-9-13/h4-6,8-9H,3,7,10-12,19H2,1-2H3,(H,20,24,25). The van der Waals surface area contributed by atoms with Gasteiger partial charge in [-0.1, -0.05) is 30.3 Å². The predicted molar refractivity (Wildman–Crippen MR) is 100 cm³/mol. The van der Waals surface area contributed by atoms with E-state index in [2.05, 4.69) is 4.98 Å². The number of aromatic amines is 1. The molecule has 2 aromatic rings. The normalized spacial score (nSPS) is 10.7. The fraction of sp³-hybridized carbons (Fsp3) is 0.389. The quantitative estimate of drug-likeness (QED) is 0.681. The van der Waals surface area contributed by atoms with Crippen LogP contribution in [-0.2, 0) is 16.1 Å². The summed E-state index contributed by atoms with van der Waals surface area (Å²) in [5.74, 6) is -0.310. The molecule has 1 aromatic heterocycles. The number of nitrogens with one attached hydrogen (secondary N) is 1. The summed E-state index contributed by atoms with van der Waals surface area (Å²) in [6.45, 7) is 3.13. The molecule has 0 unspecified atom stereocenters. The number of nitrogen functional groups attached to an aromatic ring is 1. The average Bonchev–Trinajstić information content (AvgIpc) is 2.62. The number of carbonyl (C=O) groups is 1. The predicted octanol–water partition coefficient (Wildman–Crippen LogP) is 0.947. The van der Waals surface area contributed by atoms with Gasteiger partial charge < -0.3 is 15.4 Å². The molecule has 0 saturated heterocycles. The third-order valence-corrected chi connectivity index (χ3v) is 3.99. The van der Waals surface area contributed by atoms with Crippen LogP contribution in [0.15, 0.2) is 39.9 Å². The van der Waals surface area contributed by atoms with Gasteiger partial charge in [0.15, 0.2) is 5.69 Å². The molecule has 1 aromatic carbocycles. The molecular weight excluding hydrogens is 336 g/mol. The molecule has 0 atom stereocenters. The summed E-state index contributed by atoms with van der Waals surface area (Å²) < 4.78 is 6.46. The van der Waals surface area contributed by atoms with Gasteiger partial charge in [0.2, 0.25) is 5.91 Å². The first kappa shape index (κ1) is 19.5. The fourth-order valence-corrected chi connectivity index (χ4v) is 2.59. The number of nitrogens with two attached hydrogens (primary N) is 1. The molecule has 0 aliphatic carbocycles. The Labute approximate surface area is 151 Å². The molecule has 0 fully saturated rings. The first-order valence-electron chi connectivity index (χ1n) is 8.46. The van der Waals surface area contributed by atoms with Crippen LogP contribution in [0.2, 0.25) is 0 Å². The van der Waals surface area contributed by atoms with Crippen LogP contribution in [0.3, 0.4) is 0 Å². The van der Waals surface area contributed by atoms with Crippen LogP contribution < -0.4 is 21.9 Å². The number of carbonyl (C=O) groups excluding carboxylic acids is 1. The van der Waals surface area contributed by atoms with E-state index < -0.39 is 11.2 Å². The van der Waals surface area contributed by atoms with Crippen molar-refractivity contribution in [3.63, 3.8) is 0 Å². The molecule has 0 saturated carbocycles. The maximum absolute atomic E-state index is 12.3. The topological polar surface area (TPSA) is 110 Å². The van der Waals surface area contributed by atoms with Crippen LogP contribution in [0.5, 0.6) is 0 Å². The second-order valence-corrected chi connectivity index (χ2v) is 5.82. The van der Waals surface area contributed by atoms with Gasteiger partial charge in [0.25, 0.3) is 5.56 Å². The van der Waals surface area contributed by atoms with Crippen molar-refractivity contribution < 1.29 is 9.53 Å². The average molecular weight is 360 g/mol. The molecule has 0 radical (unpaired) electrons. The number of hydrogen-bond donors (Lipinski definition) is 2. The van der Waals surface area contributed by atoms with E-state index in [1.165, 1.54) is 16.5 Å². The Balaban J connectivity index is 2.28. The number of amides is 1. The van der Waals surface area contributed by atoms with E-state index in [-0.39, 0.29) is 30.4 Å². The minimum atomic E-state index is -0.683. The third kappa shape index (κ3) is 4.60. The summed E-state index contributed by atoms with van der Waals surface area (Å²) >= 11 is 0. The molecule has 8 nitrogen and oxygen atoms in total. The molecule has 140 valence electrons. The zero-order chi connectivity index (χ0) is 19.1. The van der Waals surface area contributed by atoms with Crippen LogP contribution in [0.1, 0.15) is 25.3 Å².